The minimum Gasteiger partial charge on any atom is -0.496 e. The molecule has 0 amide bonds. The van der Waals surface area contributed by atoms with Gasteiger partial charge in [0.15, 0.2) is 0 Å². The molecular formula is C17H20ClNO. The molecule has 0 saturated carbocycles. The summed E-state index contributed by atoms with van der Waals surface area (Å²) in [7, 11) is 1.70. The van der Waals surface area contributed by atoms with Gasteiger partial charge >= 0.3 is 0 Å². The van der Waals surface area contributed by atoms with Gasteiger partial charge in [0.1, 0.15) is 5.75 Å². The van der Waals surface area contributed by atoms with Gasteiger partial charge in [-0.15, -0.1) is 0 Å². The van der Waals surface area contributed by atoms with Crippen LogP contribution in [0.15, 0.2) is 42.5 Å². The number of benzene rings is 2. The lowest BCUT2D eigenvalue weighted by atomic mass is 10.1. The Balaban J connectivity index is 2.06. The van der Waals surface area contributed by atoms with E-state index in [2.05, 4.69) is 37.4 Å². The summed E-state index contributed by atoms with van der Waals surface area (Å²) in [6.45, 7) is 4.98. The predicted molar refractivity (Wildman–Crippen MR) is 84.4 cm³/mol. The molecule has 20 heavy (non-hydrogen) atoms. The van der Waals surface area contributed by atoms with Crippen LogP contribution in [0.5, 0.6) is 5.75 Å². The SMILES string of the molecule is COc1ccc(C)cc1CN[C@H](C)c1cccc(Cl)c1. The van der Waals surface area contributed by atoms with Gasteiger partial charge in [-0.25, -0.2) is 0 Å². The number of ether oxygens (including phenoxy) is 1. The normalized spacial score (nSPS) is 12.2. The lowest BCUT2D eigenvalue weighted by Crippen LogP contribution is -2.18. The summed E-state index contributed by atoms with van der Waals surface area (Å²) >= 11 is 6.03. The fraction of sp³-hybridized carbons (Fsp3) is 0.294. The van der Waals surface area contributed by atoms with Gasteiger partial charge in [-0.1, -0.05) is 41.4 Å². The number of hydrogen-bond donors (Lipinski definition) is 1. The third-order valence-electron chi connectivity index (χ3n) is 3.38. The molecule has 0 aliphatic carbocycles. The first kappa shape index (κ1) is 14.9. The third kappa shape index (κ3) is 3.75. The smallest absolute Gasteiger partial charge is 0.123 e. The molecule has 0 aliphatic heterocycles. The van der Waals surface area contributed by atoms with Crippen molar-refractivity contribution in [1.29, 1.82) is 0 Å². The molecule has 0 spiro atoms. The summed E-state index contributed by atoms with van der Waals surface area (Å²) in [5.74, 6) is 0.918. The second-order valence-corrected chi connectivity index (χ2v) is 5.41. The lowest BCUT2D eigenvalue weighted by molar-refractivity contribution is 0.406. The average Bonchev–Trinajstić information content (AvgIpc) is 2.45. The van der Waals surface area contributed by atoms with Crippen molar-refractivity contribution in [3.8, 4) is 5.75 Å². The van der Waals surface area contributed by atoms with Gasteiger partial charge in [0, 0.05) is 23.2 Å². The van der Waals surface area contributed by atoms with Crippen LogP contribution in [0.3, 0.4) is 0 Å². The number of nitrogens with one attached hydrogen (secondary N) is 1. The molecule has 1 N–H and O–H groups in total. The van der Waals surface area contributed by atoms with Gasteiger partial charge < -0.3 is 10.1 Å². The fourth-order valence-corrected chi connectivity index (χ4v) is 2.40. The Morgan fingerprint density at radius 1 is 1.20 bits per heavy atom. The topological polar surface area (TPSA) is 21.3 Å². The van der Waals surface area contributed by atoms with E-state index in [-0.39, 0.29) is 6.04 Å². The quantitative estimate of drug-likeness (QED) is 0.874. The van der Waals surface area contributed by atoms with Crippen LogP contribution < -0.4 is 10.1 Å². The van der Waals surface area contributed by atoms with E-state index in [1.54, 1.807) is 7.11 Å². The van der Waals surface area contributed by atoms with Gasteiger partial charge in [0.25, 0.3) is 0 Å². The van der Waals surface area contributed by atoms with Gasteiger partial charge in [-0.3, -0.25) is 0 Å². The fourth-order valence-electron chi connectivity index (χ4n) is 2.20. The molecule has 0 heterocycles. The molecular weight excluding hydrogens is 270 g/mol. The summed E-state index contributed by atoms with van der Waals surface area (Å²) in [6, 6.07) is 14.4. The molecule has 2 nitrogen and oxygen atoms in total. The molecule has 2 aromatic carbocycles. The summed E-state index contributed by atoms with van der Waals surface area (Å²) in [5, 5.41) is 4.27. The van der Waals surface area contributed by atoms with Crippen LogP contribution in [-0.2, 0) is 6.54 Å². The van der Waals surface area contributed by atoms with Crippen molar-refractivity contribution in [2.24, 2.45) is 0 Å². The van der Waals surface area contributed by atoms with Gasteiger partial charge in [-0.05, 0) is 37.6 Å². The molecule has 2 aromatic rings. The van der Waals surface area contributed by atoms with Crippen molar-refractivity contribution in [1.82, 2.24) is 5.32 Å². The van der Waals surface area contributed by atoms with Crippen LogP contribution in [-0.4, -0.2) is 7.11 Å². The molecule has 3 heteroatoms. The van der Waals surface area contributed by atoms with Crippen LogP contribution >= 0.6 is 11.6 Å². The highest BCUT2D eigenvalue weighted by Crippen LogP contribution is 2.22. The van der Waals surface area contributed by atoms with E-state index in [0.29, 0.717) is 0 Å². The maximum atomic E-state index is 6.03. The van der Waals surface area contributed by atoms with Crippen LogP contribution in [0.25, 0.3) is 0 Å². The van der Waals surface area contributed by atoms with E-state index in [9.17, 15) is 0 Å². The molecule has 2 rings (SSSR count). The summed E-state index contributed by atoms with van der Waals surface area (Å²) in [6.07, 6.45) is 0. The van der Waals surface area contributed by atoms with Crippen molar-refractivity contribution in [2.75, 3.05) is 7.11 Å². The van der Waals surface area contributed by atoms with Crippen molar-refractivity contribution in [3.63, 3.8) is 0 Å². The van der Waals surface area contributed by atoms with E-state index < -0.39 is 0 Å². The van der Waals surface area contributed by atoms with E-state index in [0.717, 1.165) is 17.3 Å². The molecule has 0 saturated heterocycles. The Hall–Kier alpha value is -1.51. The van der Waals surface area contributed by atoms with Gasteiger partial charge in [-0.2, -0.15) is 0 Å². The number of halogens is 1. The van der Waals surface area contributed by atoms with E-state index in [1.807, 2.05) is 24.3 Å². The monoisotopic (exact) mass is 289 g/mol. The second-order valence-electron chi connectivity index (χ2n) is 4.97. The number of hydrogen-bond acceptors (Lipinski definition) is 2. The highest BCUT2D eigenvalue weighted by atomic mass is 35.5. The first-order valence-electron chi connectivity index (χ1n) is 6.72. The maximum Gasteiger partial charge on any atom is 0.123 e. The molecule has 1 atom stereocenters. The van der Waals surface area contributed by atoms with Crippen LogP contribution in [0, 0.1) is 6.92 Å². The second kappa shape index (κ2) is 6.78. The van der Waals surface area contributed by atoms with Crippen molar-refractivity contribution < 1.29 is 4.74 Å². The number of rotatable bonds is 5. The summed E-state index contributed by atoms with van der Waals surface area (Å²) < 4.78 is 5.40. The Morgan fingerprint density at radius 2 is 2.00 bits per heavy atom. The van der Waals surface area contributed by atoms with E-state index in [1.165, 1.54) is 16.7 Å². The van der Waals surface area contributed by atoms with Crippen LogP contribution in [0.1, 0.15) is 29.7 Å². The Kier molecular flexibility index (Phi) is 5.05. The highest BCUT2D eigenvalue weighted by Gasteiger charge is 2.08. The summed E-state index contributed by atoms with van der Waals surface area (Å²) in [5.41, 5.74) is 3.59. The minimum atomic E-state index is 0.235. The Morgan fingerprint density at radius 3 is 2.70 bits per heavy atom. The minimum absolute atomic E-state index is 0.235. The molecule has 0 radical (unpaired) electrons. The largest absolute Gasteiger partial charge is 0.496 e. The standard InChI is InChI=1S/C17H20ClNO/c1-12-7-8-17(20-3)15(9-12)11-19-13(2)14-5-4-6-16(18)10-14/h4-10,13,19H,11H2,1-3H3/t13-/m1/s1. The van der Waals surface area contributed by atoms with Crippen molar-refractivity contribution in [2.45, 2.75) is 26.4 Å². The average molecular weight is 290 g/mol. The Bertz CT molecular complexity index is 583. The third-order valence-corrected chi connectivity index (χ3v) is 3.62. The number of methoxy groups -OCH3 is 1. The number of aryl methyl sites for hydroxylation is 1. The molecule has 0 aromatic heterocycles. The zero-order valence-corrected chi connectivity index (χ0v) is 12.9. The lowest BCUT2D eigenvalue weighted by Gasteiger charge is -2.16. The first-order chi connectivity index (χ1) is 9.60. The highest BCUT2D eigenvalue weighted by molar-refractivity contribution is 6.30. The molecule has 106 valence electrons. The summed E-state index contributed by atoms with van der Waals surface area (Å²) in [4.78, 5) is 0. The zero-order valence-electron chi connectivity index (χ0n) is 12.1. The van der Waals surface area contributed by atoms with Crippen molar-refractivity contribution in [3.05, 3.63) is 64.2 Å². The van der Waals surface area contributed by atoms with E-state index >= 15 is 0 Å². The van der Waals surface area contributed by atoms with Crippen molar-refractivity contribution >= 4 is 11.6 Å². The molecule has 0 fully saturated rings. The zero-order chi connectivity index (χ0) is 14.5. The van der Waals surface area contributed by atoms with E-state index in [4.69, 9.17) is 16.3 Å². The maximum absolute atomic E-state index is 6.03. The van der Waals surface area contributed by atoms with Gasteiger partial charge in [0.2, 0.25) is 0 Å². The van der Waals surface area contributed by atoms with Gasteiger partial charge in [0.05, 0.1) is 7.11 Å². The first-order valence-corrected chi connectivity index (χ1v) is 7.10. The molecule has 0 unspecified atom stereocenters. The Labute approximate surface area is 125 Å². The van der Waals surface area contributed by atoms with Crippen LogP contribution in [0.2, 0.25) is 5.02 Å². The molecule has 0 bridgehead atoms. The predicted octanol–water partition coefficient (Wildman–Crippen LogP) is 4.51. The van der Waals surface area contributed by atoms with Crippen LogP contribution in [0.4, 0.5) is 0 Å². The molecule has 0 aliphatic rings.